The van der Waals surface area contributed by atoms with Gasteiger partial charge in [0.15, 0.2) is 6.67 Å². The SMILES string of the molecule is CCCC(O)(C#Cc1cccc(CCNC(=O)CF)c1)CCC. The van der Waals surface area contributed by atoms with Crippen LogP contribution < -0.4 is 5.32 Å². The van der Waals surface area contributed by atoms with Gasteiger partial charge in [-0.05, 0) is 37.0 Å². The normalized spacial score (nSPS) is 10.8. The molecule has 1 aromatic carbocycles. The van der Waals surface area contributed by atoms with Gasteiger partial charge in [-0.15, -0.1) is 0 Å². The third-order valence-corrected chi connectivity index (χ3v) is 3.55. The van der Waals surface area contributed by atoms with Gasteiger partial charge in [0.05, 0.1) is 0 Å². The standard InChI is InChI=1S/C19H26FNO2/c1-3-10-19(23,11-4-2)12-8-16-6-5-7-17(14-16)9-13-21-18(22)15-20/h5-7,14,23H,3-4,9-11,13,15H2,1-2H3,(H,21,22). The molecule has 0 bridgehead atoms. The summed E-state index contributed by atoms with van der Waals surface area (Å²) in [4.78, 5) is 10.9. The van der Waals surface area contributed by atoms with E-state index in [2.05, 4.69) is 17.2 Å². The van der Waals surface area contributed by atoms with Crippen molar-refractivity contribution in [1.82, 2.24) is 5.32 Å². The zero-order chi connectivity index (χ0) is 17.1. The Morgan fingerprint density at radius 1 is 1.30 bits per heavy atom. The van der Waals surface area contributed by atoms with Gasteiger partial charge in [0.25, 0.3) is 5.91 Å². The molecule has 0 heterocycles. The number of aliphatic hydroxyl groups is 1. The first-order valence-electron chi connectivity index (χ1n) is 8.20. The zero-order valence-corrected chi connectivity index (χ0v) is 14.0. The van der Waals surface area contributed by atoms with Crippen molar-refractivity contribution >= 4 is 5.91 Å². The van der Waals surface area contributed by atoms with E-state index >= 15 is 0 Å². The lowest BCUT2D eigenvalue weighted by molar-refractivity contribution is -0.121. The molecule has 4 heteroatoms. The number of alkyl halides is 1. The van der Waals surface area contributed by atoms with Crippen LogP contribution in [0, 0.1) is 11.8 Å². The Morgan fingerprint density at radius 3 is 2.61 bits per heavy atom. The summed E-state index contributed by atoms with van der Waals surface area (Å²) in [6.45, 7) is 3.48. The molecular formula is C19H26FNO2. The topological polar surface area (TPSA) is 49.3 Å². The molecule has 126 valence electrons. The number of benzene rings is 1. The number of halogens is 1. The van der Waals surface area contributed by atoms with E-state index in [4.69, 9.17) is 0 Å². The van der Waals surface area contributed by atoms with Crippen LogP contribution >= 0.6 is 0 Å². The largest absolute Gasteiger partial charge is 0.378 e. The van der Waals surface area contributed by atoms with E-state index in [-0.39, 0.29) is 0 Å². The highest BCUT2D eigenvalue weighted by Gasteiger charge is 2.21. The average Bonchev–Trinajstić information content (AvgIpc) is 2.54. The third-order valence-electron chi connectivity index (χ3n) is 3.55. The Hall–Kier alpha value is -1.86. The molecule has 0 aromatic heterocycles. The van der Waals surface area contributed by atoms with Gasteiger partial charge in [-0.3, -0.25) is 4.79 Å². The lowest BCUT2D eigenvalue weighted by Crippen LogP contribution is -2.26. The van der Waals surface area contributed by atoms with E-state index < -0.39 is 18.2 Å². The van der Waals surface area contributed by atoms with Crippen LogP contribution in [-0.2, 0) is 11.2 Å². The number of nitrogens with one attached hydrogen (secondary N) is 1. The minimum atomic E-state index is -0.987. The highest BCUT2D eigenvalue weighted by atomic mass is 19.1. The lowest BCUT2D eigenvalue weighted by Gasteiger charge is -2.20. The van der Waals surface area contributed by atoms with Crippen molar-refractivity contribution in [3.05, 3.63) is 35.4 Å². The molecule has 0 aliphatic rings. The summed E-state index contributed by atoms with van der Waals surface area (Å²) in [7, 11) is 0. The highest BCUT2D eigenvalue weighted by Crippen LogP contribution is 2.18. The van der Waals surface area contributed by atoms with Gasteiger partial charge >= 0.3 is 0 Å². The number of amides is 1. The van der Waals surface area contributed by atoms with E-state index in [9.17, 15) is 14.3 Å². The molecule has 1 rings (SSSR count). The van der Waals surface area contributed by atoms with Crippen LogP contribution in [0.5, 0.6) is 0 Å². The molecule has 0 atom stereocenters. The fourth-order valence-corrected chi connectivity index (χ4v) is 2.46. The Labute approximate surface area is 138 Å². The predicted octanol–water partition coefficient (Wildman–Crippen LogP) is 3.00. The Bertz CT molecular complexity index is 554. The van der Waals surface area contributed by atoms with Gasteiger partial charge in [0.1, 0.15) is 5.60 Å². The van der Waals surface area contributed by atoms with Crippen LogP contribution in [0.2, 0.25) is 0 Å². The fraction of sp³-hybridized carbons (Fsp3) is 0.526. The number of hydrogen-bond donors (Lipinski definition) is 2. The quantitative estimate of drug-likeness (QED) is 0.724. The van der Waals surface area contributed by atoms with Crippen molar-refractivity contribution in [3.8, 4) is 11.8 Å². The van der Waals surface area contributed by atoms with Gasteiger partial charge in [0, 0.05) is 12.1 Å². The summed E-state index contributed by atoms with van der Waals surface area (Å²) < 4.78 is 12.1. The fourth-order valence-electron chi connectivity index (χ4n) is 2.46. The second kappa shape index (κ2) is 10.0. The summed E-state index contributed by atoms with van der Waals surface area (Å²) in [5.41, 5.74) is 0.935. The highest BCUT2D eigenvalue weighted by molar-refractivity contribution is 5.76. The van der Waals surface area contributed by atoms with E-state index in [1.807, 2.05) is 38.1 Å². The monoisotopic (exact) mass is 319 g/mol. The van der Waals surface area contributed by atoms with Gasteiger partial charge < -0.3 is 10.4 Å². The van der Waals surface area contributed by atoms with E-state index in [1.54, 1.807) is 0 Å². The minimum absolute atomic E-state index is 0.398. The number of rotatable bonds is 8. The molecule has 0 radical (unpaired) electrons. The van der Waals surface area contributed by atoms with E-state index in [1.165, 1.54) is 0 Å². The molecule has 0 spiro atoms. The number of carbonyl (C=O) groups is 1. The molecule has 1 amide bonds. The molecular weight excluding hydrogens is 293 g/mol. The Balaban J connectivity index is 2.73. The van der Waals surface area contributed by atoms with Crippen LogP contribution in [0.4, 0.5) is 4.39 Å². The summed E-state index contributed by atoms with van der Waals surface area (Å²) in [6.07, 6.45) is 3.74. The van der Waals surface area contributed by atoms with Crippen molar-refractivity contribution in [2.45, 2.75) is 51.6 Å². The summed E-state index contributed by atoms with van der Waals surface area (Å²) in [5.74, 6) is 5.48. The molecule has 0 fully saturated rings. The van der Waals surface area contributed by atoms with Gasteiger partial charge in [-0.1, -0.05) is 50.7 Å². The second-order valence-electron chi connectivity index (χ2n) is 5.72. The van der Waals surface area contributed by atoms with Crippen LogP contribution in [0.1, 0.15) is 50.7 Å². The van der Waals surface area contributed by atoms with E-state index in [0.717, 1.165) is 24.0 Å². The predicted molar refractivity (Wildman–Crippen MR) is 90.8 cm³/mol. The summed E-state index contributed by atoms with van der Waals surface area (Å²) in [6, 6.07) is 7.67. The number of hydrogen-bond acceptors (Lipinski definition) is 2. The average molecular weight is 319 g/mol. The van der Waals surface area contributed by atoms with Crippen molar-refractivity contribution in [2.75, 3.05) is 13.2 Å². The molecule has 0 saturated carbocycles. The van der Waals surface area contributed by atoms with Crippen LogP contribution in [0.25, 0.3) is 0 Å². The molecule has 0 saturated heterocycles. The molecule has 3 nitrogen and oxygen atoms in total. The summed E-state index contributed by atoms with van der Waals surface area (Å²) in [5, 5.41) is 13.0. The zero-order valence-electron chi connectivity index (χ0n) is 14.0. The molecule has 0 aliphatic carbocycles. The first kappa shape index (κ1) is 19.2. The molecule has 0 unspecified atom stereocenters. The maximum Gasteiger partial charge on any atom is 0.251 e. The van der Waals surface area contributed by atoms with Crippen molar-refractivity contribution < 1.29 is 14.3 Å². The van der Waals surface area contributed by atoms with Gasteiger partial charge in [0.2, 0.25) is 0 Å². The lowest BCUT2D eigenvalue weighted by atomic mass is 9.93. The van der Waals surface area contributed by atoms with Crippen molar-refractivity contribution in [1.29, 1.82) is 0 Å². The first-order chi connectivity index (χ1) is 11.0. The molecule has 1 aromatic rings. The Morgan fingerprint density at radius 2 is 2.00 bits per heavy atom. The Kier molecular flexibility index (Phi) is 8.36. The van der Waals surface area contributed by atoms with Crippen molar-refractivity contribution in [3.63, 3.8) is 0 Å². The smallest absolute Gasteiger partial charge is 0.251 e. The third kappa shape index (κ3) is 7.30. The van der Waals surface area contributed by atoms with Gasteiger partial charge in [-0.2, -0.15) is 0 Å². The second-order valence-corrected chi connectivity index (χ2v) is 5.72. The number of carbonyl (C=O) groups excluding carboxylic acids is 1. The maximum atomic E-state index is 12.1. The molecule has 0 aliphatic heterocycles. The van der Waals surface area contributed by atoms with Crippen LogP contribution in [0.3, 0.4) is 0 Å². The first-order valence-corrected chi connectivity index (χ1v) is 8.20. The van der Waals surface area contributed by atoms with E-state index in [0.29, 0.717) is 25.8 Å². The summed E-state index contributed by atoms with van der Waals surface area (Å²) >= 11 is 0. The van der Waals surface area contributed by atoms with Crippen LogP contribution in [-0.4, -0.2) is 29.8 Å². The minimum Gasteiger partial charge on any atom is -0.378 e. The molecule has 2 N–H and O–H groups in total. The van der Waals surface area contributed by atoms with Crippen LogP contribution in [0.15, 0.2) is 24.3 Å². The van der Waals surface area contributed by atoms with Crippen molar-refractivity contribution in [2.24, 2.45) is 0 Å². The van der Waals surface area contributed by atoms with Gasteiger partial charge in [-0.25, -0.2) is 4.39 Å². The molecule has 23 heavy (non-hydrogen) atoms. The maximum absolute atomic E-state index is 12.1.